The van der Waals surface area contributed by atoms with Crippen molar-refractivity contribution in [3.8, 4) is 0 Å². The zero-order valence-corrected chi connectivity index (χ0v) is 10.6. The molecule has 84 valence electrons. The van der Waals surface area contributed by atoms with Gasteiger partial charge in [-0.1, -0.05) is 19.9 Å². The summed E-state index contributed by atoms with van der Waals surface area (Å²) in [7, 11) is 0. The molecule has 0 amide bonds. The van der Waals surface area contributed by atoms with E-state index in [1.165, 1.54) is 6.42 Å². The minimum atomic E-state index is 0.584. The Kier molecular flexibility index (Phi) is 5.73. The molecule has 0 saturated carbocycles. The number of nitrogens with one attached hydrogen (secondary N) is 1. The molecule has 0 aliphatic carbocycles. The Morgan fingerprint density at radius 2 is 2.20 bits per heavy atom. The molecular formula is C12H20N2S. The van der Waals surface area contributed by atoms with Gasteiger partial charge in [-0.3, -0.25) is 0 Å². The maximum atomic E-state index is 4.31. The van der Waals surface area contributed by atoms with Crippen LogP contribution in [0, 0.1) is 0 Å². The van der Waals surface area contributed by atoms with E-state index in [9.17, 15) is 0 Å². The highest BCUT2D eigenvalue weighted by molar-refractivity contribution is 7.99. The predicted octanol–water partition coefficient (Wildman–Crippen LogP) is 2.95. The lowest BCUT2D eigenvalue weighted by Crippen LogP contribution is -2.28. The van der Waals surface area contributed by atoms with Crippen molar-refractivity contribution in [1.82, 2.24) is 10.3 Å². The monoisotopic (exact) mass is 224 g/mol. The molecule has 0 fully saturated rings. The quantitative estimate of drug-likeness (QED) is 0.752. The van der Waals surface area contributed by atoms with Crippen molar-refractivity contribution in [2.75, 3.05) is 6.54 Å². The van der Waals surface area contributed by atoms with Crippen molar-refractivity contribution in [3.05, 3.63) is 24.4 Å². The van der Waals surface area contributed by atoms with Gasteiger partial charge in [-0.05, 0) is 32.0 Å². The average Bonchev–Trinajstić information content (AvgIpc) is 2.19. The summed E-state index contributed by atoms with van der Waals surface area (Å²) in [5.41, 5.74) is 0. The van der Waals surface area contributed by atoms with Gasteiger partial charge in [-0.25, -0.2) is 4.98 Å². The van der Waals surface area contributed by atoms with Crippen LogP contribution in [0.25, 0.3) is 0 Å². The first kappa shape index (κ1) is 12.5. The van der Waals surface area contributed by atoms with E-state index in [2.05, 4.69) is 37.1 Å². The minimum Gasteiger partial charge on any atom is -0.314 e. The smallest absolute Gasteiger partial charge is 0.0962 e. The third-order valence-electron chi connectivity index (χ3n) is 2.20. The summed E-state index contributed by atoms with van der Waals surface area (Å²) in [6.45, 7) is 7.68. The number of thioether (sulfide) groups is 1. The molecule has 0 radical (unpaired) electrons. The Bertz CT molecular complexity index is 264. The van der Waals surface area contributed by atoms with Crippen molar-refractivity contribution in [1.29, 1.82) is 0 Å². The van der Waals surface area contributed by atoms with Crippen LogP contribution in [0.15, 0.2) is 29.4 Å². The van der Waals surface area contributed by atoms with Crippen molar-refractivity contribution < 1.29 is 0 Å². The molecule has 1 heterocycles. The second-order valence-corrected chi connectivity index (χ2v) is 5.25. The highest BCUT2D eigenvalue weighted by atomic mass is 32.2. The van der Waals surface area contributed by atoms with Crippen LogP contribution in [0.3, 0.4) is 0 Å². The average molecular weight is 224 g/mol. The number of rotatable bonds is 6. The van der Waals surface area contributed by atoms with Gasteiger partial charge in [-0.2, -0.15) is 0 Å². The van der Waals surface area contributed by atoms with Crippen LogP contribution >= 0.6 is 11.8 Å². The van der Waals surface area contributed by atoms with Crippen LogP contribution in [-0.4, -0.2) is 22.8 Å². The fraction of sp³-hybridized carbons (Fsp3) is 0.583. The molecule has 1 aromatic heterocycles. The number of nitrogens with zero attached hydrogens (tertiary/aromatic N) is 1. The van der Waals surface area contributed by atoms with Gasteiger partial charge in [0.05, 0.1) is 5.03 Å². The summed E-state index contributed by atoms with van der Waals surface area (Å²) in [6.07, 6.45) is 3.03. The van der Waals surface area contributed by atoms with Gasteiger partial charge in [0.15, 0.2) is 0 Å². The summed E-state index contributed by atoms with van der Waals surface area (Å²) in [6, 6.07) is 6.64. The Morgan fingerprint density at radius 1 is 1.40 bits per heavy atom. The van der Waals surface area contributed by atoms with Crippen LogP contribution < -0.4 is 5.32 Å². The van der Waals surface area contributed by atoms with Crippen molar-refractivity contribution >= 4 is 11.8 Å². The topological polar surface area (TPSA) is 24.9 Å². The van der Waals surface area contributed by atoms with Gasteiger partial charge in [-0.15, -0.1) is 11.8 Å². The van der Waals surface area contributed by atoms with E-state index in [1.807, 2.05) is 30.1 Å². The maximum Gasteiger partial charge on any atom is 0.0962 e. The van der Waals surface area contributed by atoms with Crippen LogP contribution in [0.4, 0.5) is 0 Å². The lowest BCUT2D eigenvalue weighted by atomic mass is 10.2. The van der Waals surface area contributed by atoms with Gasteiger partial charge in [0, 0.05) is 17.5 Å². The Morgan fingerprint density at radius 3 is 2.80 bits per heavy atom. The molecule has 0 aromatic carbocycles. The summed E-state index contributed by atoms with van der Waals surface area (Å²) in [5, 5.41) is 5.15. The molecule has 2 nitrogen and oxygen atoms in total. The summed E-state index contributed by atoms with van der Waals surface area (Å²) in [4.78, 5) is 4.31. The van der Waals surface area contributed by atoms with Gasteiger partial charge in [0.2, 0.25) is 0 Å². The first-order valence-corrected chi connectivity index (χ1v) is 6.41. The zero-order valence-electron chi connectivity index (χ0n) is 9.73. The van der Waals surface area contributed by atoms with Crippen molar-refractivity contribution in [2.45, 2.75) is 43.5 Å². The van der Waals surface area contributed by atoms with Crippen LogP contribution in [-0.2, 0) is 0 Å². The fourth-order valence-electron chi connectivity index (χ4n) is 1.60. The van der Waals surface area contributed by atoms with E-state index in [4.69, 9.17) is 0 Å². The third kappa shape index (κ3) is 5.19. The second kappa shape index (κ2) is 6.85. The first-order valence-electron chi connectivity index (χ1n) is 5.53. The maximum absolute atomic E-state index is 4.31. The van der Waals surface area contributed by atoms with E-state index < -0.39 is 0 Å². The minimum absolute atomic E-state index is 0.584. The van der Waals surface area contributed by atoms with Crippen LogP contribution in [0.1, 0.15) is 27.2 Å². The van der Waals surface area contributed by atoms with Gasteiger partial charge < -0.3 is 5.32 Å². The Hall–Kier alpha value is -0.540. The van der Waals surface area contributed by atoms with Crippen molar-refractivity contribution in [3.63, 3.8) is 0 Å². The lowest BCUT2D eigenvalue weighted by Gasteiger charge is -2.16. The molecule has 1 aromatic rings. The summed E-state index contributed by atoms with van der Waals surface area (Å²) >= 11 is 1.85. The normalized spacial score (nSPS) is 14.9. The van der Waals surface area contributed by atoms with Gasteiger partial charge >= 0.3 is 0 Å². The Balaban J connectivity index is 2.33. The predicted molar refractivity (Wildman–Crippen MR) is 67.3 cm³/mol. The Labute approximate surface area is 96.9 Å². The highest BCUT2D eigenvalue weighted by Gasteiger charge is 2.09. The molecule has 1 N–H and O–H groups in total. The van der Waals surface area contributed by atoms with E-state index in [0.29, 0.717) is 11.3 Å². The van der Waals surface area contributed by atoms with Crippen LogP contribution in [0.5, 0.6) is 0 Å². The molecule has 3 heteroatoms. The largest absolute Gasteiger partial charge is 0.314 e. The third-order valence-corrected chi connectivity index (χ3v) is 3.28. The zero-order chi connectivity index (χ0) is 11.1. The molecular weight excluding hydrogens is 204 g/mol. The van der Waals surface area contributed by atoms with E-state index in [-0.39, 0.29) is 0 Å². The standard InChI is InChI=1S/C12H20N2S/c1-4-13-10(2)9-11(3)15-12-7-5-6-8-14-12/h5-8,10-11,13H,4,9H2,1-3H3. The molecule has 0 aliphatic heterocycles. The summed E-state index contributed by atoms with van der Waals surface area (Å²) < 4.78 is 0. The van der Waals surface area contributed by atoms with E-state index in [0.717, 1.165) is 11.6 Å². The number of pyridine rings is 1. The molecule has 0 saturated heterocycles. The second-order valence-electron chi connectivity index (χ2n) is 3.79. The number of aromatic nitrogens is 1. The van der Waals surface area contributed by atoms with E-state index >= 15 is 0 Å². The number of hydrogen-bond acceptors (Lipinski definition) is 3. The van der Waals surface area contributed by atoms with Crippen molar-refractivity contribution in [2.24, 2.45) is 0 Å². The fourth-order valence-corrected chi connectivity index (χ4v) is 2.68. The number of hydrogen-bond donors (Lipinski definition) is 1. The van der Waals surface area contributed by atoms with E-state index in [1.54, 1.807) is 0 Å². The van der Waals surface area contributed by atoms with Crippen LogP contribution in [0.2, 0.25) is 0 Å². The molecule has 15 heavy (non-hydrogen) atoms. The first-order chi connectivity index (χ1) is 7.22. The highest BCUT2D eigenvalue weighted by Crippen LogP contribution is 2.23. The summed E-state index contributed by atoms with van der Waals surface area (Å²) in [5.74, 6) is 0. The van der Waals surface area contributed by atoms with Gasteiger partial charge in [0.25, 0.3) is 0 Å². The molecule has 0 spiro atoms. The molecule has 0 aliphatic rings. The SMILES string of the molecule is CCNC(C)CC(C)Sc1ccccn1. The molecule has 2 atom stereocenters. The molecule has 0 bridgehead atoms. The molecule has 1 rings (SSSR count). The van der Waals surface area contributed by atoms with Gasteiger partial charge in [0.1, 0.15) is 0 Å². The molecule has 2 unspecified atom stereocenters. The lowest BCUT2D eigenvalue weighted by molar-refractivity contribution is 0.530.